The fourth-order valence-electron chi connectivity index (χ4n) is 2.57. The molecule has 4 aromatic rings. The third-order valence-electron chi connectivity index (χ3n) is 3.88. The van der Waals surface area contributed by atoms with Gasteiger partial charge in [0.1, 0.15) is 0 Å². The van der Waals surface area contributed by atoms with Gasteiger partial charge in [0, 0.05) is 17.0 Å². The predicted octanol–water partition coefficient (Wildman–Crippen LogP) is 1.77. The summed E-state index contributed by atoms with van der Waals surface area (Å²) in [4.78, 5) is 16.7. The van der Waals surface area contributed by atoms with Gasteiger partial charge in [0.15, 0.2) is 5.03 Å². The lowest BCUT2D eigenvalue weighted by Crippen LogP contribution is -2.23. The van der Waals surface area contributed by atoms with Crippen molar-refractivity contribution in [2.24, 2.45) is 0 Å². The Balaban J connectivity index is 1.78. The summed E-state index contributed by atoms with van der Waals surface area (Å²) in [6.45, 7) is 1.98. The number of nitrogens with one attached hydrogen (secondary N) is 1. The maximum atomic E-state index is 12.7. The Morgan fingerprint density at radius 3 is 2.81 bits per heavy atom. The van der Waals surface area contributed by atoms with Gasteiger partial charge in [-0.3, -0.25) is 9.89 Å². The number of fused-ring (bicyclic) bond motifs is 1. The Morgan fingerprint density at radius 1 is 1.27 bits per heavy atom. The number of thiazole rings is 1. The van der Waals surface area contributed by atoms with Crippen LogP contribution in [0.5, 0.6) is 0 Å². The van der Waals surface area contributed by atoms with E-state index in [0.29, 0.717) is 21.5 Å². The van der Waals surface area contributed by atoms with E-state index < -0.39 is 9.84 Å². The molecule has 26 heavy (non-hydrogen) atoms. The Morgan fingerprint density at radius 2 is 2.12 bits per heavy atom. The molecular weight excluding hydrogens is 374 g/mol. The van der Waals surface area contributed by atoms with Crippen molar-refractivity contribution in [3.8, 4) is 0 Å². The van der Waals surface area contributed by atoms with Crippen LogP contribution in [0.25, 0.3) is 10.8 Å². The topological polar surface area (TPSA) is 111 Å². The van der Waals surface area contributed by atoms with Crippen LogP contribution in [-0.2, 0) is 16.4 Å². The summed E-state index contributed by atoms with van der Waals surface area (Å²) in [5.74, 6) is 0. The van der Waals surface area contributed by atoms with E-state index in [4.69, 9.17) is 0 Å². The van der Waals surface area contributed by atoms with Gasteiger partial charge in [-0.25, -0.2) is 18.1 Å². The fourth-order valence-corrected chi connectivity index (χ4v) is 4.78. The Labute approximate surface area is 152 Å². The van der Waals surface area contributed by atoms with Crippen LogP contribution in [0, 0.1) is 6.92 Å². The average molecular weight is 387 g/mol. The number of aromatic nitrogens is 5. The van der Waals surface area contributed by atoms with Gasteiger partial charge in [0.2, 0.25) is 9.84 Å². The summed E-state index contributed by atoms with van der Waals surface area (Å²) >= 11 is 1.27. The van der Waals surface area contributed by atoms with Crippen LogP contribution >= 0.6 is 11.3 Å². The zero-order valence-corrected chi connectivity index (χ0v) is 15.2. The summed E-state index contributed by atoms with van der Waals surface area (Å²) in [5.41, 5.74) is 0.371. The number of benzene rings is 1. The lowest BCUT2D eigenvalue weighted by molar-refractivity contribution is 0.593. The molecule has 0 aliphatic rings. The van der Waals surface area contributed by atoms with E-state index in [0.717, 1.165) is 0 Å². The second kappa shape index (κ2) is 6.15. The van der Waals surface area contributed by atoms with Crippen molar-refractivity contribution in [1.29, 1.82) is 0 Å². The lowest BCUT2D eigenvalue weighted by atomic mass is 10.2. The van der Waals surface area contributed by atoms with Crippen LogP contribution in [-0.4, -0.2) is 33.4 Å². The van der Waals surface area contributed by atoms with E-state index in [-0.39, 0.29) is 22.0 Å². The van der Waals surface area contributed by atoms with Gasteiger partial charge < -0.3 is 0 Å². The number of aromatic amines is 1. The molecule has 3 aromatic heterocycles. The van der Waals surface area contributed by atoms with Crippen molar-refractivity contribution in [3.63, 3.8) is 0 Å². The second-order valence-corrected chi connectivity index (χ2v) is 8.59. The van der Waals surface area contributed by atoms with Crippen LogP contribution in [0.4, 0.5) is 0 Å². The molecule has 0 radical (unpaired) electrons. The molecule has 0 spiro atoms. The van der Waals surface area contributed by atoms with Crippen LogP contribution in [0.1, 0.15) is 10.7 Å². The van der Waals surface area contributed by atoms with Crippen molar-refractivity contribution >= 4 is 31.9 Å². The molecule has 0 bridgehead atoms. The van der Waals surface area contributed by atoms with Gasteiger partial charge >= 0.3 is 0 Å². The quantitative estimate of drug-likeness (QED) is 0.571. The van der Waals surface area contributed by atoms with Crippen molar-refractivity contribution in [3.05, 3.63) is 63.1 Å². The molecule has 0 saturated carbocycles. The molecule has 1 aromatic carbocycles. The van der Waals surface area contributed by atoms with Gasteiger partial charge in [-0.15, -0.1) is 11.3 Å². The molecule has 0 saturated heterocycles. The Kier molecular flexibility index (Phi) is 3.93. The summed E-state index contributed by atoms with van der Waals surface area (Å²) in [5, 5.41) is 13.9. The Bertz CT molecular complexity index is 1260. The highest BCUT2D eigenvalue weighted by atomic mass is 32.2. The molecule has 0 fully saturated rings. The molecule has 132 valence electrons. The number of H-pyrrole nitrogens is 1. The van der Waals surface area contributed by atoms with E-state index in [1.54, 1.807) is 19.2 Å². The summed E-state index contributed by atoms with van der Waals surface area (Å²) < 4.78 is 26.7. The highest BCUT2D eigenvalue weighted by Crippen LogP contribution is 2.24. The maximum absolute atomic E-state index is 12.7. The smallest absolute Gasteiger partial charge is 0.274 e. The highest BCUT2D eigenvalue weighted by molar-refractivity contribution is 7.91. The van der Waals surface area contributed by atoms with Crippen LogP contribution in [0.3, 0.4) is 0 Å². The molecule has 4 rings (SSSR count). The fraction of sp³-hybridized carbons (Fsp3) is 0.125. The minimum absolute atomic E-state index is 0.0131. The second-order valence-electron chi connectivity index (χ2n) is 5.63. The molecule has 0 unspecified atom stereocenters. The highest BCUT2D eigenvalue weighted by Gasteiger charge is 2.21. The molecule has 0 aliphatic heterocycles. The Hall–Kier alpha value is -2.85. The van der Waals surface area contributed by atoms with Crippen molar-refractivity contribution < 1.29 is 8.42 Å². The first-order chi connectivity index (χ1) is 12.4. The number of aryl methyl sites for hydroxylation is 1. The number of hydrogen-bond acceptors (Lipinski definition) is 7. The van der Waals surface area contributed by atoms with E-state index in [9.17, 15) is 13.2 Å². The van der Waals surface area contributed by atoms with Crippen molar-refractivity contribution in [2.45, 2.75) is 23.4 Å². The zero-order valence-electron chi connectivity index (χ0n) is 13.6. The standard InChI is InChI=1S/C16H13N5O3S2/c1-10-19-15(9-25-10)26(23,24)13-2-3-14-11(6-13)7-18-21(16(14)22)8-12-4-5-17-20-12/h2-7,9H,8H2,1H3,(H,17,20). The molecule has 0 atom stereocenters. The van der Waals surface area contributed by atoms with Crippen LogP contribution < -0.4 is 5.56 Å². The van der Waals surface area contributed by atoms with E-state index in [2.05, 4.69) is 20.3 Å². The molecule has 1 N–H and O–H groups in total. The maximum Gasteiger partial charge on any atom is 0.274 e. The monoisotopic (exact) mass is 387 g/mol. The number of rotatable bonds is 4. The third kappa shape index (κ3) is 2.82. The molecule has 0 aliphatic carbocycles. The summed E-state index contributed by atoms with van der Waals surface area (Å²) in [7, 11) is -3.73. The number of sulfone groups is 1. The minimum atomic E-state index is -3.73. The van der Waals surface area contributed by atoms with E-state index >= 15 is 0 Å². The van der Waals surface area contributed by atoms with Crippen LogP contribution in [0.2, 0.25) is 0 Å². The first-order valence-electron chi connectivity index (χ1n) is 7.61. The molecule has 8 nitrogen and oxygen atoms in total. The van der Waals surface area contributed by atoms with Crippen LogP contribution in [0.15, 0.2) is 56.8 Å². The van der Waals surface area contributed by atoms with Gasteiger partial charge in [-0.2, -0.15) is 10.2 Å². The molecule has 10 heteroatoms. The van der Waals surface area contributed by atoms with Crippen molar-refractivity contribution in [2.75, 3.05) is 0 Å². The first kappa shape index (κ1) is 16.6. The van der Waals surface area contributed by atoms with Crippen molar-refractivity contribution in [1.82, 2.24) is 25.0 Å². The SMILES string of the molecule is Cc1nc(S(=O)(=O)c2ccc3c(=O)n(Cc4cc[nH]n4)ncc3c2)cs1. The zero-order chi connectivity index (χ0) is 18.3. The summed E-state index contributed by atoms with van der Waals surface area (Å²) in [6, 6.07) is 6.13. The summed E-state index contributed by atoms with van der Waals surface area (Å²) in [6.07, 6.45) is 3.15. The number of hydrogen-bond donors (Lipinski definition) is 1. The van der Waals surface area contributed by atoms with Gasteiger partial charge in [-0.1, -0.05) is 0 Å². The number of nitrogens with zero attached hydrogens (tertiary/aromatic N) is 4. The van der Waals surface area contributed by atoms with Gasteiger partial charge in [0.05, 0.1) is 33.7 Å². The van der Waals surface area contributed by atoms with E-state index in [1.165, 1.54) is 45.8 Å². The van der Waals surface area contributed by atoms with E-state index in [1.807, 2.05) is 0 Å². The van der Waals surface area contributed by atoms with Gasteiger partial charge in [-0.05, 0) is 31.2 Å². The minimum Gasteiger partial charge on any atom is -0.285 e. The first-order valence-corrected chi connectivity index (χ1v) is 9.97. The third-order valence-corrected chi connectivity index (χ3v) is 6.43. The molecular formula is C16H13N5O3S2. The molecule has 3 heterocycles. The lowest BCUT2D eigenvalue weighted by Gasteiger charge is -2.06. The average Bonchev–Trinajstić information content (AvgIpc) is 3.29. The normalized spacial score (nSPS) is 11.9. The largest absolute Gasteiger partial charge is 0.285 e. The van der Waals surface area contributed by atoms with Gasteiger partial charge in [0.25, 0.3) is 5.56 Å². The molecule has 0 amide bonds. The predicted molar refractivity (Wildman–Crippen MR) is 96.0 cm³/mol.